The molecule has 0 unspecified atom stereocenters. The van der Waals surface area contributed by atoms with E-state index >= 15 is 0 Å². The van der Waals surface area contributed by atoms with Crippen LogP contribution in [0.2, 0.25) is 0 Å². The number of hydrogen-bond acceptors (Lipinski definition) is 4. The van der Waals surface area contributed by atoms with Crippen LogP contribution in [0, 0.1) is 13.8 Å². The van der Waals surface area contributed by atoms with Crippen molar-refractivity contribution in [1.29, 1.82) is 0 Å². The Kier molecular flexibility index (Phi) is 4.17. The Morgan fingerprint density at radius 3 is 2.71 bits per heavy atom. The molecule has 2 amide bonds. The van der Waals surface area contributed by atoms with Crippen molar-refractivity contribution < 1.29 is 9.59 Å². The Morgan fingerprint density at radius 1 is 1.33 bits per heavy atom. The van der Waals surface area contributed by atoms with Crippen molar-refractivity contribution in [3.63, 3.8) is 0 Å². The summed E-state index contributed by atoms with van der Waals surface area (Å²) in [6, 6.07) is 7.79. The number of thiazole rings is 1. The van der Waals surface area contributed by atoms with Crippen LogP contribution in [0.5, 0.6) is 0 Å². The molecule has 0 aliphatic carbocycles. The van der Waals surface area contributed by atoms with E-state index in [9.17, 15) is 9.59 Å². The number of hydrogen-bond donors (Lipinski definition) is 1. The van der Waals surface area contributed by atoms with Crippen LogP contribution in [0.25, 0.3) is 0 Å². The standard InChI is InChI=1S/C18H21N3O2S/c1-11-12(2)24-17(19-11)20-15(22)10-21-14-8-6-5-7-13(14)18(3,4)9-16(21)23/h5-8H,9-10H2,1-4H3,(H,19,20,22). The van der Waals surface area contributed by atoms with Gasteiger partial charge < -0.3 is 10.2 Å². The van der Waals surface area contributed by atoms with Crippen molar-refractivity contribution >= 4 is 34.0 Å². The minimum absolute atomic E-state index is 0.00357. The molecule has 2 heterocycles. The molecule has 6 heteroatoms. The van der Waals surface area contributed by atoms with Gasteiger partial charge in [0.05, 0.1) is 5.69 Å². The largest absolute Gasteiger partial charge is 0.303 e. The second-order valence-corrected chi connectivity index (χ2v) is 7.97. The van der Waals surface area contributed by atoms with Gasteiger partial charge in [0.15, 0.2) is 5.13 Å². The molecule has 2 aromatic rings. The highest BCUT2D eigenvalue weighted by Gasteiger charge is 2.37. The lowest BCUT2D eigenvalue weighted by atomic mass is 9.77. The molecule has 5 nitrogen and oxygen atoms in total. The van der Waals surface area contributed by atoms with E-state index in [1.165, 1.54) is 11.3 Å². The van der Waals surface area contributed by atoms with Crippen molar-refractivity contribution in [2.24, 2.45) is 0 Å². The first-order chi connectivity index (χ1) is 11.3. The monoisotopic (exact) mass is 343 g/mol. The van der Waals surface area contributed by atoms with E-state index in [2.05, 4.69) is 24.1 Å². The molecule has 0 radical (unpaired) electrons. The Bertz CT molecular complexity index is 791. The normalized spacial score (nSPS) is 16.0. The van der Waals surface area contributed by atoms with Crippen LogP contribution in [0.4, 0.5) is 10.8 Å². The SMILES string of the molecule is Cc1nc(NC(=O)CN2C(=O)CC(C)(C)c3ccccc32)sc1C. The van der Waals surface area contributed by atoms with Gasteiger partial charge in [-0.1, -0.05) is 32.0 Å². The van der Waals surface area contributed by atoms with Crippen LogP contribution < -0.4 is 10.2 Å². The maximum Gasteiger partial charge on any atom is 0.246 e. The summed E-state index contributed by atoms with van der Waals surface area (Å²) >= 11 is 1.44. The van der Waals surface area contributed by atoms with Gasteiger partial charge in [0.1, 0.15) is 6.54 Å². The Hall–Kier alpha value is -2.21. The zero-order valence-electron chi connectivity index (χ0n) is 14.3. The highest BCUT2D eigenvalue weighted by Crippen LogP contribution is 2.39. The van der Waals surface area contributed by atoms with Crippen LogP contribution in [0.15, 0.2) is 24.3 Å². The molecular formula is C18H21N3O2S. The predicted octanol–water partition coefficient (Wildman–Crippen LogP) is 3.41. The molecule has 1 aliphatic rings. The van der Waals surface area contributed by atoms with Gasteiger partial charge in [-0.05, 0) is 25.5 Å². The van der Waals surface area contributed by atoms with Gasteiger partial charge >= 0.3 is 0 Å². The fourth-order valence-electron chi connectivity index (χ4n) is 2.99. The third-order valence-electron chi connectivity index (χ3n) is 4.39. The van der Waals surface area contributed by atoms with E-state index in [-0.39, 0.29) is 23.8 Å². The van der Waals surface area contributed by atoms with E-state index < -0.39 is 0 Å². The highest BCUT2D eigenvalue weighted by molar-refractivity contribution is 7.15. The van der Waals surface area contributed by atoms with E-state index in [1.54, 1.807) is 4.90 Å². The topological polar surface area (TPSA) is 62.3 Å². The molecule has 0 saturated heterocycles. The molecule has 0 atom stereocenters. The minimum atomic E-state index is -0.230. The summed E-state index contributed by atoms with van der Waals surface area (Å²) in [6.45, 7) is 8.00. The third kappa shape index (κ3) is 3.06. The number of para-hydroxylation sites is 1. The van der Waals surface area contributed by atoms with Gasteiger partial charge in [0.25, 0.3) is 0 Å². The Labute approximate surface area is 145 Å². The summed E-state index contributed by atoms with van der Waals surface area (Å²) in [5.74, 6) is -0.257. The van der Waals surface area contributed by atoms with Gasteiger partial charge in [-0.25, -0.2) is 4.98 Å². The first kappa shape index (κ1) is 16.6. The van der Waals surface area contributed by atoms with E-state index in [4.69, 9.17) is 0 Å². The number of amides is 2. The fourth-order valence-corrected chi connectivity index (χ4v) is 3.82. The summed E-state index contributed by atoms with van der Waals surface area (Å²) in [4.78, 5) is 31.9. The second-order valence-electron chi connectivity index (χ2n) is 6.77. The third-order valence-corrected chi connectivity index (χ3v) is 5.38. The summed E-state index contributed by atoms with van der Waals surface area (Å²) in [5, 5.41) is 3.37. The first-order valence-electron chi connectivity index (χ1n) is 7.92. The number of nitrogens with zero attached hydrogens (tertiary/aromatic N) is 2. The van der Waals surface area contributed by atoms with Gasteiger partial charge in [-0.15, -0.1) is 11.3 Å². The van der Waals surface area contributed by atoms with Crippen molar-refractivity contribution in [2.45, 2.75) is 39.5 Å². The highest BCUT2D eigenvalue weighted by atomic mass is 32.1. The van der Waals surface area contributed by atoms with Crippen LogP contribution in [0.1, 0.15) is 36.4 Å². The van der Waals surface area contributed by atoms with Gasteiger partial charge in [0, 0.05) is 22.4 Å². The number of carbonyl (C=O) groups is 2. The number of carbonyl (C=O) groups excluding carboxylic acids is 2. The number of aromatic nitrogens is 1. The average Bonchev–Trinajstić information content (AvgIpc) is 2.81. The van der Waals surface area contributed by atoms with Crippen molar-refractivity contribution in [3.05, 3.63) is 40.4 Å². The van der Waals surface area contributed by atoms with Crippen molar-refractivity contribution in [3.8, 4) is 0 Å². The molecule has 3 rings (SSSR count). The zero-order valence-corrected chi connectivity index (χ0v) is 15.2. The van der Waals surface area contributed by atoms with Gasteiger partial charge in [-0.3, -0.25) is 9.59 Å². The molecule has 24 heavy (non-hydrogen) atoms. The maximum absolute atomic E-state index is 12.6. The molecule has 126 valence electrons. The Morgan fingerprint density at radius 2 is 2.04 bits per heavy atom. The van der Waals surface area contributed by atoms with Crippen LogP contribution in [-0.4, -0.2) is 23.3 Å². The smallest absolute Gasteiger partial charge is 0.246 e. The van der Waals surface area contributed by atoms with Crippen molar-refractivity contribution in [1.82, 2.24) is 4.98 Å². The maximum atomic E-state index is 12.6. The number of benzene rings is 1. The number of nitrogens with one attached hydrogen (secondary N) is 1. The van der Waals surface area contributed by atoms with Crippen LogP contribution in [-0.2, 0) is 15.0 Å². The van der Waals surface area contributed by atoms with Crippen LogP contribution >= 0.6 is 11.3 Å². The van der Waals surface area contributed by atoms with Crippen LogP contribution in [0.3, 0.4) is 0 Å². The lowest BCUT2D eigenvalue weighted by molar-refractivity contribution is -0.122. The summed E-state index contributed by atoms with van der Waals surface area (Å²) in [6.07, 6.45) is 0.396. The molecule has 0 saturated carbocycles. The molecule has 1 aromatic carbocycles. The molecule has 1 N–H and O–H groups in total. The zero-order chi connectivity index (χ0) is 17.5. The summed E-state index contributed by atoms with van der Waals surface area (Å²) in [5.41, 5.74) is 2.61. The van der Waals surface area contributed by atoms with Gasteiger partial charge in [0.2, 0.25) is 11.8 Å². The minimum Gasteiger partial charge on any atom is -0.303 e. The molecular weight excluding hydrogens is 322 g/mol. The summed E-state index contributed by atoms with van der Waals surface area (Å²) < 4.78 is 0. The number of anilines is 2. The Balaban J connectivity index is 1.81. The second kappa shape index (κ2) is 6.02. The molecule has 1 aromatic heterocycles. The first-order valence-corrected chi connectivity index (χ1v) is 8.73. The number of fused-ring (bicyclic) bond motifs is 1. The predicted molar refractivity (Wildman–Crippen MR) is 96.7 cm³/mol. The van der Waals surface area contributed by atoms with E-state index in [1.807, 2.05) is 38.1 Å². The fraction of sp³-hybridized carbons (Fsp3) is 0.389. The lowest BCUT2D eigenvalue weighted by Gasteiger charge is -2.38. The van der Waals surface area contributed by atoms with E-state index in [0.717, 1.165) is 21.8 Å². The lowest BCUT2D eigenvalue weighted by Crippen LogP contribution is -2.45. The molecule has 0 bridgehead atoms. The quantitative estimate of drug-likeness (QED) is 0.929. The average molecular weight is 343 g/mol. The molecule has 0 spiro atoms. The number of rotatable bonds is 3. The van der Waals surface area contributed by atoms with Gasteiger partial charge in [-0.2, -0.15) is 0 Å². The molecule has 0 fully saturated rings. The molecule has 1 aliphatic heterocycles. The van der Waals surface area contributed by atoms with E-state index in [0.29, 0.717) is 11.6 Å². The summed E-state index contributed by atoms with van der Waals surface area (Å²) in [7, 11) is 0. The van der Waals surface area contributed by atoms with Crippen molar-refractivity contribution in [2.75, 3.05) is 16.8 Å². The number of aryl methyl sites for hydroxylation is 2.